The number of likely N-dealkylation sites (tertiary alicyclic amines) is 1. The van der Waals surface area contributed by atoms with Gasteiger partial charge < -0.3 is 20.0 Å². The van der Waals surface area contributed by atoms with Gasteiger partial charge in [-0.25, -0.2) is 9.97 Å². The van der Waals surface area contributed by atoms with Crippen molar-refractivity contribution in [1.29, 1.82) is 0 Å². The minimum Gasteiger partial charge on any atom is -0.385 e. The average Bonchev–Trinajstić information content (AvgIpc) is 3.40. The van der Waals surface area contributed by atoms with Crippen molar-refractivity contribution in [2.24, 2.45) is 0 Å². The number of carbonyl (C=O) groups excluding carboxylic acids is 1. The van der Waals surface area contributed by atoms with Crippen LogP contribution in [0.25, 0.3) is 22.1 Å². The van der Waals surface area contributed by atoms with Crippen LogP contribution in [-0.2, 0) is 4.79 Å². The third-order valence-corrected chi connectivity index (χ3v) is 5.59. The van der Waals surface area contributed by atoms with Gasteiger partial charge in [-0.2, -0.15) is 13.2 Å². The number of hydrogen-bond acceptors (Lipinski definition) is 5. The lowest BCUT2D eigenvalue weighted by atomic mass is 10.2. The summed E-state index contributed by atoms with van der Waals surface area (Å²) in [4.78, 5) is 26.0. The lowest BCUT2D eigenvalue weighted by Crippen LogP contribution is -2.46. The molecule has 0 bridgehead atoms. The second kappa shape index (κ2) is 7.55. The molecular weight excluding hydrogens is 401 g/mol. The van der Waals surface area contributed by atoms with Crippen LogP contribution >= 0.6 is 0 Å². The maximum Gasteiger partial charge on any atom is 0.405 e. The van der Waals surface area contributed by atoms with Crippen molar-refractivity contribution in [3.63, 3.8) is 0 Å². The van der Waals surface area contributed by atoms with Crippen LogP contribution in [0.15, 0.2) is 18.5 Å². The van der Waals surface area contributed by atoms with Gasteiger partial charge >= 0.3 is 6.18 Å². The smallest absolute Gasteiger partial charge is 0.385 e. The third-order valence-electron chi connectivity index (χ3n) is 5.59. The van der Waals surface area contributed by atoms with Crippen molar-refractivity contribution < 1.29 is 23.1 Å². The highest BCUT2D eigenvalue weighted by atomic mass is 19.4. The fourth-order valence-corrected chi connectivity index (χ4v) is 4.11. The quantitative estimate of drug-likeness (QED) is 0.584. The normalized spacial score (nSPS) is 20.1. The van der Waals surface area contributed by atoms with Crippen molar-refractivity contribution in [3.8, 4) is 0 Å². The first-order valence-corrected chi connectivity index (χ1v) is 9.76. The number of halogens is 3. The predicted molar refractivity (Wildman–Crippen MR) is 104 cm³/mol. The second-order valence-electron chi connectivity index (χ2n) is 7.69. The summed E-state index contributed by atoms with van der Waals surface area (Å²) in [5, 5.41) is 13.1. The van der Waals surface area contributed by atoms with Crippen molar-refractivity contribution in [3.05, 3.63) is 24.3 Å². The Hall–Kier alpha value is -2.66. The summed E-state index contributed by atoms with van der Waals surface area (Å²) in [7, 11) is 0. The molecule has 1 saturated heterocycles. The third kappa shape index (κ3) is 3.74. The molecular formula is C19H23F3N6O2. The Morgan fingerprint density at radius 3 is 2.90 bits per heavy atom. The molecule has 1 amide bonds. The fraction of sp³-hybridized carbons (Fsp3) is 0.526. The molecule has 0 radical (unpaired) electrons. The van der Waals surface area contributed by atoms with Crippen LogP contribution in [0.5, 0.6) is 0 Å². The van der Waals surface area contributed by atoms with Gasteiger partial charge in [0.25, 0.3) is 0 Å². The van der Waals surface area contributed by atoms with E-state index in [9.17, 15) is 23.1 Å². The maximum atomic E-state index is 12.4. The highest BCUT2D eigenvalue weighted by Crippen LogP contribution is 2.34. The number of aliphatic hydroxyl groups excluding tert-OH is 1. The average molecular weight is 424 g/mol. The Bertz CT molecular complexity index is 1070. The van der Waals surface area contributed by atoms with Gasteiger partial charge in [0, 0.05) is 30.7 Å². The SMILES string of the molecule is CC(O)c1nc2cnc3[nH]ccc3c2n1[C@H]1CCN(C(C)C(=O)NCC(F)(F)F)C1. The monoisotopic (exact) mass is 424 g/mol. The van der Waals surface area contributed by atoms with Crippen LogP contribution in [0.1, 0.15) is 38.2 Å². The van der Waals surface area contributed by atoms with E-state index in [-0.39, 0.29) is 6.04 Å². The number of H-pyrrole nitrogens is 1. The van der Waals surface area contributed by atoms with Crippen molar-refractivity contribution in [2.45, 2.75) is 44.6 Å². The summed E-state index contributed by atoms with van der Waals surface area (Å²) in [6.07, 6.45) is -1.15. The number of nitrogens with zero attached hydrogens (tertiary/aromatic N) is 4. The fourth-order valence-electron chi connectivity index (χ4n) is 4.11. The standard InChI is InChI=1S/C19H23F3N6O2/c1-10(18(30)25-9-19(20,21)22)27-6-4-12(8-27)28-15-13-3-5-23-16(13)24-7-14(15)26-17(28)11(2)29/h3,5,7,10-12,29H,4,6,8-9H2,1-2H3,(H,23,24)(H,25,30)/t10?,11?,12-/m0/s1. The van der Waals surface area contributed by atoms with E-state index in [1.807, 2.05) is 20.9 Å². The number of nitrogens with one attached hydrogen (secondary N) is 2. The first-order valence-electron chi connectivity index (χ1n) is 9.76. The van der Waals surface area contributed by atoms with Gasteiger partial charge in [0.1, 0.15) is 29.6 Å². The van der Waals surface area contributed by atoms with Crippen LogP contribution in [-0.4, -0.2) is 67.3 Å². The number of pyridine rings is 1. The van der Waals surface area contributed by atoms with Crippen LogP contribution in [0.2, 0.25) is 0 Å². The van der Waals surface area contributed by atoms with Crippen molar-refractivity contribution in [1.82, 2.24) is 29.7 Å². The molecule has 30 heavy (non-hydrogen) atoms. The Labute approximate surface area is 170 Å². The molecule has 3 aromatic rings. The lowest BCUT2D eigenvalue weighted by Gasteiger charge is -2.24. The van der Waals surface area contributed by atoms with E-state index < -0.39 is 30.8 Å². The highest BCUT2D eigenvalue weighted by Gasteiger charge is 2.35. The number of rotatable bonds is 5. The van der Waals surface area contributed by atoms with E-state index >= 15 is 0 Å². The molecule has 1 fully saturated rings. The number of aromatic amines is 1. The first kappa shape index (κ1) is 20.6. The minimum atomic E-state index is -4.44. The molecule has 8 nitrogen and oxygen atoms in total. The van der Waals surface area contributed by atoms with Crippen molar-refractivity contribution >= 4 is 28.0 Å². The minimum absolute atomic E-state index is 0.0852. The van der Waals surface area contributed by atoms with Gasteiger partial charge in [-0.3, -0.25) is 9.69 Å². The van der Waals surface area contributed by atoms with Crippen molar-refractivity contribution in [2.75, 3.05) is 19.6 Å². The number of amides is 1. The predicted octanol–water partition coefficient (Wildman–Crippen LogP) is 2.28. The summed E-state index contributed by atoms with van der Waals surface area (Å²) >= 11 is 0. The van der Waals surface area contributed by atoms with Gasteiger partial charge in [-0.1, -0.05) is 0 Å². The van der Waals surface area contributed by atoms with Gasteiger partial charge in [-0.05, 0) is 26.3 Å². The van der Waals surface area contributed by atoms with E-state index in [1.54, 1.807) is 26.2 Å². The van der Waals surface area contributed by atoms with E-state index in [0.29, 0.717) is 36.5 Å². The summed E-state index contributed by atoms with van der Waals surface area (Å²) in [6, 6.07) is 1.11. The van der Waals surface area contributed by atoms with E-state index in [4.69, 9.17) is 0 Å². The number of imidazole rings is 1. The number of alkyl halides is 3. The lowest BCUT2D eigenvalue weighted by molar-refractivity contribution is -0.141. The molecule has 0 aromatic carbocycles. The maximum absolute atomic E-state index is 12.4. The molecule has 4 rings (SSSR count). The zero-order valence-electron chi connectivity index (χ0n) is 16.6. The van der Waals surface area contributed by atoms with Crippen LogP contribution in [0.4, 0.5) is 13.2 Å². The molecule has 3 atom stereocenters. The van der Waals surface area contributed by atoms with Crippen LogP contribution < -0.4 is 5.32 Å². The molecule has 3 N–H and O–H groups in total. The highest BCUT2D eigenvalue weighted by molar-refractivity contribution is 6.01. The topological polar surface area (TPSA) is 99.1 Å². The summed E-state index contributed by atoms with van der Waals surface area (Å²) < 4.78 is 39.2. The molecule has 11 heteroatoms. The van der Waals surface area contributed by atoms with Gasteiger partial charge in [0.05, 0.1) is 17.8 Å². The van der Waals surface area contributed by atoms with Crippen LogP contribution in [0, 0.1) is 0 Å². The number of carbonyl (C=O) groups is 1. The Morgan fingerprint density at radius 1 is 1.43 bits per heavy atom. The molecule has 0 spiro atoms. The Morgan fingerprint density at radius 2 is 2.20 bits per heavy atom. The van der Waals surface area contributed by atoms with E-state index in [2.05, 4.69) is 15.0 Å². The summed E-state index contributed by atoms with van der Waals surface area (Å²) in [5.41, 5.74) is 2.21. The zero-order valence-corrected chi connectivity index (χ0v) is 16.6. The van der Waals surface area contributed by atoms with Gasteiger partial charge in [0.15, 0.2) is 0 Å². The molecule has 162 valence electrons. The molecule has 0 aliphatic carbocycles. The Balaban J connectivity index is 1.61. The summed E-state index contributed by atoms with van der Waals surface area (Å²) in [5.74, 6) is -0.155. The second-order valence-corrected chi connectivity index (χ2v) is 7.69. The molecule has 1 aliphatic rings. The van der Waals surface area contributed by atoms with E-state index in [1.165, 1.54) is 0 Å². The number of fused-ring (bicyclic) bond motifs is 3. The van der Waals surface area contributed by atoms with E-state index in [0.717, 1.165) is 10.9 Å². The summed E-state index contributed by atoms with van der Waals surface area (Å²) in [6.45, 7) is 2.90. The van der Waals surface area contributed by atoms with Crippen LogP contribution in [0.3, 0.4) is 0 Å². The molecule has 3 aromatic heterocycles. The molecule has 2 unspecified atom stereocenters. The van der Waals surface area contributed by atoms with Gasteiger partial charge in [0.2, 0.25) is 5.91 Å². The largest absolute Gasteiger partial charge is 0.405 e. The number of aliphatic hydroxyl groups is 1. The number of hydrogen-bond donors (Lipinski definition) is 3. The molecule has 0 saturated carbocycles. The first-order chi connectivity index (χ1) is 14.2. The number of aromatic nitrogens is 4. The molecule has 1 aliphatic heterocycles. The Kier molecular flexibility index (Phi) is 5.18. The molecule has 4 heterocycles. The van der Waals surface area contributed by atoms with Gasteiger partial charge in [-0.15, -0.1) is 0 Å². The zero-order chi connectivity index (χ0) is 21.6.